The van der Waals surface area contributed by atoms with Crippen LogP contribution in [-0.4, -0.2) is 53.4 Å². The molecule has 3 heterocycles. The molecule has 0 saturated carbocycles. The topological polar surface area (TPSA) is 36.4 Å². The number of hydrogen-bond donors (Lipinski definition) is 0. The number of aryl methyl sites for hydroxylation is 2. The Hall–Kier alpha value is -0.940. The van der Waals surface area contributed by atoms with Crippen LogP contribution in [0.1, 0.15) is 53.6 Å². The molecule has 0 unspecified atom stereocenters. The first-order valence-electron chi connectivity index (χ1n) is 8.49. The predicted molar refractivity (Wildman–Crippen MR) is 90.4 cm³/mol. The van der Waals surface area contributed by atoms with Crippen molar-refractivity contribution >= 4 is 17.2 Å². The molecule has 1 aromatic rings. The van der Waals surface area contributed by atoms with E-state index in [0.717, 1.165) is 44.6 Å². The second kappa shape index (κ2) is 6.67. The zero-order valence-corrected chi connectivity index (χ0v) is 14.8. The highest BCUT2D eigenvalue weighted by Crippen LogP contribution is 2.32. The normalized spacial score (nSPS) is 27.1. The predicted octanol–water partition coefficient (Wildman–Crippen LogP) is 2.95. The monoisotopic (exact) mass is 321 g/mol. The summed E-state index contributed by atoms with van der Waals surface area (Å²) in [6, 6.07) is 0.104. The Kier molecular flexibility index (Phi) is 4.83. The van der Waals surface area contributed by atoms with Gasteiger partial charge >= 0.3 is 0 Å². The molecule has 5 heteroatoms. The van der Waals surface area contributed by atoms with Crippen LogP contribution in [0.4, 0.5) is 0 Å². The molecule has 0 spiro atoms. The van der Waals surface area contributed by atoms with Gasteiger partial charge in [0.15, 0.2) is 0 Å². The number of carbonyl (C=O) groups excluding carboxylic acids is 1. The number of thiazole rings is 1. The maximum Gasteiger partial charge on any atom is 0.239 e. The third-order valence-corrected chi connectivity index (χ3v) is 6.42. The van der Waals surface area contributed by atoms with Crippen LogP contribution < -0.4 is 0 Å². The van der Waals surface area contributed by atoms with E-state index in [4.69, 9.17) is 4.98 Å². The molecule has 2 aliphatic rings. The maximum atomic E-state index is 12.9. The highest BCUT2D eigenvalue weighted by atomic mass is 32.1. The van der Waals surface area contributed by atoms with E-state index < -0.39 is 0 Å². The van der Waals surface area contributed by atoms with Crippen molar-refractivity contribution in [2.24, 2.45) is 0 Å². The number of aromatic nitrogens is 1. The molecule has 22 heavy (non-hydrogen) atoms. The van der Waals surface area contributed by atoms with Crippen LogP contribution in [0.2, 0.25) is 0 Å². The van der Waals surface area contributed by atoms with Gasteiger partial charge in [-0.3, -0.25) is 9.69 Å². The Balaban J connectivity index is 1.68. The van der Waals surface area contributed by atoms with Gasteiger partial charge in [0.05, 0.1) is 16.7 Å². The number of piperidine rings is 2. The van der Waals surface area contributed by atoms with Crippen LogP contribution in [0.15, 0.2) is 0 Å². The van der Waals surface area contributed by atoms with Crippen molar-refractivity contribution in [2.45, 2.75) is 57.9 Å². The molecule has 2 aliphatic heterocycles. The van der Waals surface area contributed by atoms with Crippen molar-refractivity contribution in [3.05, 3.63) is 15.6 Å². The maximum absolute atomic E-state index is 12.9. The van der Waals surface area contributed by atoms with Gasteiger partial charge in [0.1, 0.15) is 0 Å². The summed E-state index contributed by atoms with van der Waals surface area (Å²) in [7, 11) is 2.09. The average molecular weight is 321 g/mol. The van der Waals surface area contributed by atoms with E-state index in [0.29, 0.717) is 11.8 Å². The second-order valence-corrected chi connectivity index (χ2v) is 8.04. The summed E-state index contributed by atoms with van der Waals surface area (Å²) in [4.78, 5) is 23.3. The van der Waals surface area contributed by atoms with Gasteiger partial charge in [0.25, 0.3) is 0 Å². The summed E-state index contributed by atoms with van der Waals surface area (Å²) in [6.07, 6.45) is 5.69. The van der Waals surface area contributed by atoms with Gasteiger partial charge in [0, 0.05) is 23.9 Å². The fraction of sp³-hybridized carbons (Fsp3) is 0.765. The first-order valence-corrected chi connectivity index (χ1v) is 9.31. The van der Waals surface area contributed by atoms with E-state index in [1.165, 1.54) is 22.7 Å². The van der Waals surface area contributed by atoms with Crippen molar-refractivity contribution in [1.82, 2.24) is 14.8 Å². The van der Waals surface area contributed by atoms with Crippen LogP contribution in [0.3, 0.4) is 0 Å². The standard InChI is InChI=1S/C17H27N3OS/c1-12-13(2)22-16(18-12)14-7-6-10-20(11-14)17(21)15-8-4-5-9-19(15)3/h14-15H,4-11H2,1-3H3/t14-,15+/m0/s1. The zero-order chi connectivity index (χ0) is 15.7. The Morgan fingerprint density at radius 2 is 2.00 bits per heavy atom. The lowest BCUT2D eigenvalue weighted by molar-refractivity contribution is -0.138. The van der Waals surface area contributed by atoms with E-state index in [1.807, 2.05) is 11.3 Å². The minimum Gasteiger partial charge on any atom is -0.341 e. The number of carbonyl (C=O) groups is 1. The summed E-state index contributed by atoms with van der Waals surface area (Å²) < 4.78 is 0. The second-order valence-electron chi connectivity index (χ2n) is 6.81. The molecular weight excluding hydrogens is 294 g/mol. The molecular formula is C17H27N3OS. The molecule has 1 aromatic heterocycles. The van der Waals surface area contributed by atoms with Crippen molar-refractivity contribution in [3.8, 4) is 0 Å². The van der Waals surface area contributed by atoms with Crippen LogP contribution in [0.5, 0.6) is 0 Å². The van der Waals surface area contributed by atoms with Crippen molar-refractivity contribution in [1.29, 1.82) is 0 Å². The van der Waals surface area contributed by atoms with Gasteiger partial charge in [-0.15, -0.1) is 11.3 Å². The lowest BCUT2D eigenvalue weighted by atomic mass is 9.96. The summed E-state index contributed by atoms with van der Waals surface area (Å²) >= 11 is 1.81. The minimum atomic E-state index is 0.104. The summed E-state index contributed by atoms with van der Waals surface area (Å²) in [5.41, 5.74) is 1.15. The highest BCUT2D eigenvalue weighted by molar-refractivity contribution is 7.11. The van der Waals surface area contributed by atoms with Gasteiger partial charge < -0.3 is 4.90 Å². The van der Waals surface area contributed by atoms with Crippen molar-refractivity contribution < 1.29 is 4.79 Å². The Bertz CT molecular complexity index is 523. The smallest absolute Gasteiger partial charge is 0.239 e. The molecule has 2 saturated heterocycles. The van der Waals surface area contributed by atoms with E-state index in [1.54, 1.807) is 0 Å². The minimum absolute atomic E-state index is 0.104. The van der Waals surface area contributed by atoms with Crippen LogP contribution in [0, 0.1) is 13.8 Å². The number of rotatable bonds is 2. The molecule has 0 bridgehead atoms. The molecule has 1 amide bonds. The van der Waals surface area contributed by atoms with Gasteiger partial charge in [-0.1, -0.05) is 6.42 Å². The molecule has 122 valence electrons. The van der Waals surface area contributed by atoms with Crippen molar-refractivity contribution in [3.63, 3.8) is 0 Å². The molecule has 4 nitrogen and oxygen atoms in total. The van der Waals surface area contributed by atoms with Crippen molar-refractivity contribution in [2.75, 3.05) is 26.7 Å². The molecule has 2 fully saturated rings. The average Bonchev–Trinajstić information content (AvgIpc) is 2.87. The first kappa shape index (κ1) is 15.9. The Morgan fingerprint density at radius 3 is 2.68 bits per heavy atom. The number of amides is 1. The number of hydrogen-bond acceptors (Lipinski definition) is 4. The van der Waals surface area contributed by atoms with Gasteiger partial charge in [0.2, 0.25) is 5.91 Å². The summed E-state index contributed by atoms with van der Waals surface area (Å²) in [6.45, 7) is 7.05. The molecule has 2 atom stereocenters. The Morgan fingerprint density at radius 1 is 1.18 bits per heavy atom. The van der Waals surface area contributed by atoms with Crippen LogP contribution >= 0.6 is 11.3 Å². The molecule has 0 aliphatic carbocycles. The highest BCUT2D eigenvalue weighted by Gasteiger charge is 2.33. The fourth-order valence-corrected chi connectivity index (χ4v) is 4.70. The molecule has 0 N–H and O–H groups in total. The van der Waals surface area contributed by atoms with Crippen LogP contribution in [0.25, 0.3) is 0 Å². The molecule has 0 radical (unpaired) electrons. The molecule has 3 rings (SSSR count). The van der Waals surface area contributed by atoms with E-state index >= 15 is 0 Å². The zero-order valence-electron chi connectivity index (χ0n) is 14.0. The lowest BCUT2D eigenvalue weighted by Gasteiger charge is -2.38. The SMILES string of the molecule is Cc1nc([C@H]2CCCN(C(=O)[C@H]3CCCCN3C)C2)sc1C. The van der Waals surface area contributed by atoms with E-state index in [2.05, 4.69) is 30.7 Å². The van der Waals surface area contributed by atoms with Gasteiger partial charge in [-0.05, 0) is 53.1 Å². The third-order valence-electron chi connectivity index (χ3n) is 5.18. The summed E-state index contributed by atoms with van der Waals surface area (Å²) in [5.74, 6) is 0.779. The molecule has 0 aromatic carbocycles. The number of likely N-dealkylation sites (N-methyl/N-ethyl adjacent to an activating group) is 1. The lowest BCUT2D eigenvalue weighted by Crippen LogP contribution is -2.51. The van der Waals surface area contributed by atoms with E-state index in [-0.39, 0.29) is 6.04 Å². The third kappa shape index (κ3) is 3.20. The van der Waals surface area contributed by atoms with Gasteiger partial charge in [-0.25, -0.2) is 4.98 Å². The number of nitrogens with zero attached hydrogens (tertiary/aromatic N) is 3. The fourth-order valence-electron chi connectivity index (χ4n) is 3.65. The van der Waals surface area contributed by atoms with Crippen LogP contribution in [-0.2, 0) is 4.79 Å². The summed E-state index contributed by atoms with van der Waals surface area (Å²) in [5, 5.41) is 1.23. The van der Waals surface area contributed by atoms with E-state index in [9.17, 15) is 4.79 Å². The van der Waals surface area contributed by atoms with Gasteiger partial charge in [-0.2, -0.15) is 0 Å². The largest absolute Gasteiger partial charge is 0.341 e. The quantitative estimate of drug-likeness (QED) is 0.840. The Labute approximate surface area is 137 Å². The number of likely N-dealkylation sites (tertiary alicyclic amines) is 2. The first-order chi connectivity index (χ1) is 10.6.